The first-order valence-electron chi connectivity index (χ1n) is 8.58. The minimum atomic E-state index is -1.14. The predicted octanol–water partition coefficient (Wildman–Crippen LogP) is 5.21. The van der Waals surface area contributed by atoms with Gasteiger partial charge in [-0.2, -0.15) is 5.26 Å². The molecule has 3 atom stereocenters. The minimum absolute atomic E-state index is 0.0464. The average molecular weight is 398 g/mol. The maximum atomic E-state index is 14.0. The summed E-state index contributed by atoms with van der Waals surface area (Å²) in [5.41, 5.74) is 0.223. The standard InChI is InChI=1S/C21H13F3N2OS/c22-15-5-2-1-4-11(15)12-8-13(12)20(27)14(9-25)21-26-18(10-28-21)19-16(23)6-3-7-17(19)24/h1-7,10,12-14H,8H2/t12-,13+,14+/m0/s1. The first kappa shape index (κ1) is 18.4. The van der Waals surface area contributed by atoms with Gasteiger partial charge in [0, 0.05) is 11.3 Å². The molecule has 3 nitrogen and oxygen atoms in total. The van der Waals surface area contributed by atoms with Gasteiger partial charge in [-0.15, -0.1) is 11.3 Å². The van der Waals surface area contributed by atoms with E-state index in [4.69, 9.17) is 0 Å². The summed E-state index contributed by atoms with van der Waals surface area (Å²) in [6, 6.07) is 11.7. The van der Waals surface area contributed by atoms with E-state index in [0.29, 0.717) is 12.0 Å². The van der Waals surface area contributed by atoms with Gasteiger partial charge in [-0.3, -0.25) is 4.79 Å². The molecule has 1 fully saturated rings. The molecule has 0 amide bonds. The summed E-state index contributed by atoms with van der Waals surface area (Å²) in [6.07, 6.45) is 0.470. The van der Waals surface area contributed by atoms with Crippen LogP contribution in [0.15, 0.2) is 47.8 Å². The average Bonchev–Trinajstić information content (AvgIpc) is 3.33. The van der Waals surface area contributed by atoms with Crippen LogP contribution in [0.4, 0.5) is 13.2 Å². The number of nitriles is 1. The first-order valence-corrected chi connectivity index (χ1v) is 9.46. The second-order valence-electron chi connectivity index (χ2n) is 6.60. The zero-order valence-electron chi connectivity index (χ0n) is 14.4. The zero-order valence-corrected chi connectivity index (χ0v) is 15.2. The summed E-state index contributed by atoms with van der Waals surface area (Å²) < 4.78 is 41.9. The highest BCUT2D eigenvalue weighted by atomic mass is 32.1. The minimum Gasteiger partial charge on any atom is -0.297 e. The topological polar surface area (TPSA) is 53.8 Å². The van der Waals surface area contributed by atoms with Crippen LogP contribution in [0.3, 0.4) is 0 Å². The Morgan fingerprint density at radius 1 is 1.11 bits per heavy atom. The van der Waals surface area contributed by atoms with Gasteiger partial charge in [0.2, 0.25) is 0 Å². The number of Topliss-reactive ketones (excluding diaryl/α,β-unsaturated/α-hetero) is 1. The van der Waals surface area contributed by atoms with Gasteiger partial charge in [0.05, 0.1) is 17.3 Å². The number of hydrogen-bond acceptors (Lipinski definition) is 4. The molecule has 2 aromatic carbocycles. The molecule has 0 aliphatic heterocycles. The van der Waals surface area contributed by atoms with E-state index in [1.807, 2.05) is 6.07 Å². The molecule has 0 spiro atoms. The maximum Gasteiger partial charge on any atom is 0.160 e. The SMILES string of the molecule is N#C[C@H](C(=O)[C@@H]1C[C@H]1c1ccccc1F)c1nc(-c2c(F)cccc2F)cs1. The highest BCUT2D eigenvalue weighted by molar-refractivity contribution is 7.10. The van der Waals surface area contributed by atoms with E-state index in [9.17, 15) is 23.2 Å². The largest absolute Gasteiger partial charge is 0.297 e. The van der Waals surface area contributed by atoms with Gasteiger partial charge in [0.25, 0.3) is 0 Å². The number of thiazole rings is 1. The highest BCUT2D eigenvalue weighted by Gasteiger charge is 2.48. The van der Waals surface area contributed by atoms with E-state index >= 15 is 0 Å². The van der Waals surface area contributed by atoms with E-state index in [-0.39, 0.29) is 33.8 Å². The van der Waals surface area contributed by atoms with Gasteiger partial charge >= 0.3 is 0 Å². The number of ketones is 1. The molecule has 1 aromatic heterocycles. The maximum absolute atomic E-state index is 14.0. The number of hydrogen-bond donors (Lipinski definition) is 0. The normalized spacial score (nSPS) is 19.1. The monoisotopic (exact) mass is 398 g/mol. The Kier molecular flexibility index (Phi) is 4.73. The molecule has 28 heavy (non-hydrogen) atoms. The lowest BCUT2D eigenvalue weighted by atomic mass is 9.99. The Morgan fingerprint density at radius 2 is 1.79 bits per heavy atom. The van der Waals surface area contributed by atoms with Crippen LogP contribution in [-0.2, 0) is 4.79 Å². The van der Waals surface area contributed by atoms with Crippen molar-refractivity contribution in [2.45, 2.75) is 18.3 Å². The van der Waals surface area contributed by atoms with Gasteiger partial charge in [-0.05, 0) is 36.1 Å². The van der Waals surface area contributed by atoms with E-state index in [0.717, 1.165) is 23.5 Å². The van der Waals surface area contributed by atoms with Crippen LogP contribution in [0, 0.1) is 34.7 Å². The zero-order chi connectivity index (χ0) is 19.8. The summed E-state index contributed by atoms with van der Waals surface area (Å²) in [5.74, 6) is -4.10. The smallest absolute Gasteiger partial charge is 0.160 e. The summed E-state index contributed by atoms with van der Waals surface area (Å²) in [7, 11) is 0. The van der Waals surface area contributed by atoms with Crippen LogP contribution in [0.25, 0.3) is 11.3 Å². The van der Waals surface area contributed by atoms with Crippen molar-refractivity contribution in [3.63, 3.8) is 0 Å². The van der Waals surface area contributed by atoms with Crippen molar-refractivity contribution in [1.29, 1.82) is 5.26 Å². The molecule has 0 N–H and O–H groups in total. The molecule has 0 unspecified atom stereocenters. The molecular weight excluding hydrogens is 385 g/mol. The van der Waals surface area contributed by atoms with E-state index in [1.54, 1.807) is 18.2 Å². The molecule has 0 bridgehead atoms. The fourth-order valence-corrected chi connectivity index (χ4v) is 4.22. The number of carbonyl (C=O) groups is 1. The van der Waals surface area contributed by atoms with Crippen molar-refractivity contribution in [3.05, 3.63) is 75.9 Å². The Hall–Kier alpha value is -2.98. The van der Waals surface area contributed by atoms with Crippen LogP contribution < -0.4 is 0 Å². The fraction of sp³-hybridized carbons (Fsp3) is 0.190. The number of benzene rings is 2. The fourth-order valence-electron chi connectivity index (χ4n) is 3.36. The lowest BCUT2D eigenvalue weighted by Crippen LogP contribution is -2.14. The lowest BCUT2D eigenvalue weighted by Gasteiger charge is -2.06. The van der Waals surface area contributed by atoms with Gasteiger partial charge in [-0.1, -0.05) is 24.3 Å². The second kappa shape index (κ2) is 7.21. The number of aromatic nitrogens is 1. The Bertz CT molecular complexity index is 1080. The molecule has 1 aliphatic carbocycles. The molecular formula is C21H13F3N2OS. The van der Waals surface area contributed by atoms with Gasteiger partial charge in [-0.25, -0.2) is 18.2 Å². The Morgan fingerprint density at radius 3 is 2.46 bits per heavy atom. The van der Waals surface area contributed by atoms with Crippen molar-refractivity contribution in [2.75, 3.05) is 0 Å². The quantitative estimate of drug-likeness (QED) is 0.593. The third kappa shape index (κ3) is 3.20. The first-order chi connectivity index (χ1) is 13.5. The van der Waals surface area contributed by atoms with Crippen LogP contribution >= 0.6 is 11.3 Å². The summed E-state index contributed by atoms with van der Waals surface area (Å²) in [5, 5.41) is 11.1. The molecule has 0 radical (unpaired) electrons. The molecule has 3 aromatic rings. The number of halogens is 3. The second-order valence-corrected chi connectivity index (χ2v) is 7.49. The van der Waals surface area contributed by atoms with E-state index in [2.05, 4.69) is 4.98 Å². The Balaban J connectivity index is 1.58. The molecule has 1 aliphatic rings. The van der Waals surface area contributed by atoms with Crippen molar-refractivity contribution < 1.29 is 18.0 Å². The Labute approximate surface area is 163 Å². The van der Waals surface area contributed by atoms with Crippen molar-refractivity contribution in [1.82, 2.24) is 4.98 Å². The summed E-state index contributed by atoms with van der Waals surface area (Å²) in [6.45, 7) is 0. The third-order valence-electron chi connectivity index (χ3n) is 4.86. The number of nitrogens with zero attached hydrogens (tertiary/aromatic N) is 2. The molecule has 0 saturated heterocycles. The molecule has 1 saturated carbocycles. The summed E-state index contributed by atoms with van der Waals surface area (Å²) >= 11 is 1.01. The molecule has 140 valence electrons. The van der Waals surface area contributed by atoms with Crippen molar-refractivity contribution in [3.8, 4) is 17.3 Å². The lowest BCUT2D eigenvalue weighted by molar-refractivity contribution is -0.120. The number of rotatable bonds is 5. The van der Waals surface area contributed by atoms with Crippen LogP contribution in [0.2, 0.25) is 0 Å². The van der Waals surface area contributed by atoms with E-state index in [1.165, 1.54) is 17.5 Å². The molecule has 4 rings (SSSR count). The highest BCUT2D eigenvalue weighted by Crippen LogP contribution is 2.51. The summed E-state index contributed by atoms with van der Waals surface area (Å²) in [4.78, 5) is 16.9. The predicted molar refractivity (Wildman–Crippen MR) is 98.1 cm³/mol. The van der Waals surface area contributed by atoms with Crippen LogP contribution in [0.5, 0.6) is 0 Å². The molecule has 7 heteroatoms. The molecule has 1 heterocycles. The van der Waals surface area contributed by atoms with Gasteiger partial charge in [0.15, 0.2) is 11.7 Å². The van der Waals surface area contributed by atoms with E-state index < -0.39 is 23.5 Å². The van der Waals surface area contributed by atoms with Crippen LogP contribution in [0.1, 0.15) is 28.8 Å². The third-order valence-corrected chi connectivity index (χ3v) is 5.77. The number of carbonyl (C=O) groups excluding carboxylic acids is 1. The van der Waals surface area contributed by atoms with Crippen molar-refractivity contribution in [2.24, 2.45) is 5.92 Å². The van der Waals surface area contributed by atoms with Gasteiger partial charge < -0.3 is 0 Å². The van der Waals surface area contributed by atoms with Crippen molar-refractivity contribution >= 4 is 17.1 Å². The van der Waals surface area contributed by atoms with Crippen LogP contribution in [-0.4, -0.2) is 10.8 Å². The van der Waals surface area contributed by atoms with Gasteiger partial charge in [0.1, 0.15) is 22.5 Å².